The average Bonchev–Trinajstić information content (AvgIpc) is 3.21. The van der Waals surface area contributed by atoms with E-state index in [9.17, 15) is 4.79 Å². The lowest BCUT2D eigenvalue weighted by molar-refractivity contribution is 0.100. The maximum atomic E-state index is 11.2. The van der Waals surface area contributed by atoms with Crippen LogP contribution in [0.25, 0.3) is 0 Å². The van der Waals surface area contributed by atoms with Gasteiger partial charge in [0.2, 0.25) is 5.91 Å². The molecule has 1 aromatic heterocycles. The molecule has 0 saturated carbocycles. The molecule has 4 rings (SSSR count). The fourth-order valence-corrected chi connectivity index (χ4v) is 3.97. The van der Waals surface area contributed by atoms with Gasteiger partial charge in [-0.05, 0) is 62.8 Å². The van der Waals surface area contributed by atoms with Crippen molar-refractivity contribution in [1.29, 1.82) is 0 Å². The van der Waals surface area contributed by atoms with Crippen molar-refractivity contribution >= 4 is 5.91 Å². The monoisotopic (exact) mass is 324 g/mol. The van der Waals surface area contributed by atoms with Crippen LogP contribution in [0.4, 0.5) is 0 Å². The van der Waals surface area contributed by atoms with E-state index in [-0.39, 0.29) is 5.91 Å². The number of benzene rings is 1. The van der Waals surface area contributed by atoms with Crippen LogP contribution in [0.2, 0.25) is 0 Å². The smallest absolute Gasteiger partial charge is 0.248 e. The number of likely N-dealkylation sites (tertiary alicyclic amines) is 1. The number of nitrogens with zero attached hydrogens (tertiary/aromatic N) is 2. The summed E-state index contributed by atoms with van der Waals surface area (Å²) in [7, 11) is 0. The highest BCUT2D eigenvalue weighted by Crippen LogP contribution is 2.33. The second kappa shape index (κ2) is 6.40. The highest BCUT2D eigenvalue weighted by molar-refractivity contribution is 5.92. The van der Waals surface area contributed by atoms with Gasteiger partial charge in [-0.15, -0.1) is 0 Å². The van der Waals surface area contributed by atoms with Crippen LogP contribution in [0, 0.1) is 0 Å². The van der Waals surface area contributed by atoms with E-state index in [1.54, 1.807) is 0 Å². The van der Waals surface area contributed by atoms with E-state index < -0.39 is 0 Å². The number of H-pyrrole nitrogens is 1. The number of carbonyl (C=O) groups excluding carboxylic acids is 1. The number of aromatic nitrogens is 2. The molecule has 0 radical (unpaired) electrons. The van der Waals surface area contributed by atoms with Crippen LogP contribution in [-0.2, 0) is 19.4 Å². The highest BCUT2D eigenvalue weighted by Gasteiger charge is 2.29. The van der Waals surface area contributed by atoms with Gasteiger partial charge in [0, 0.05) is 17.8 Å². The lowest BCUT2D eigenvalue weighted by atomic mass is 10.0. The summed E-state index contributed by atoms with van der Waals surface area (Å²) < 4.78 is 0. The van der Waals surface area contributed by atoms with Gasteiger partial charge in [0.25, 0.3) is 0 Å². The van der Waals surface area contributed by atoms with Crippen molar-refractivity contribution in [1.82, 2.24) is 14.9 Å². The maximum Gasteiger partial charge on any atom is 0.248 e. The first-order valence-corrected chi connectivity index (χ1v) is 8.91. The Bertz CT molecular complexity index is 711. The van der Waals surface area contributed by atoms with Gasteiger partial charge in [-0.2, -0.15) is 0 Å². The first-order valence-electron chi connectivity index (χ1n) is 8.91. The van der Waals surface area contributed by atoms with E-state index in [1.807, 2.05) is 24.3 Å². The second-order valence-corrected chi connectivity index (χ2v) is 6.94. The van der Waals surface area contributed by atoms with Gasteiger partial charge in [0.05, 0.1) is 11.7 Å². The van der Waals surface area contributed by atoms with Gasteiger partial charge >= 0.3 is 0 Å². The van der Waals surface area contributed by atoms with Crippen molar-refractivity contribution in [2.45, 2.75) is 51.1 Å². The molecule has 0 unspecified atom stereocenters. The van der Waals surface area contributed by atoms with Crippen molar-refractivity contribution in [2.75, 3.05) is 6.54 Å². The number of fused-ring (bicyclic) bond motifs is 1. The molecule has 24 heavy (non-hydrogen) atoms. The third-order valence-corrected chi connectivity index (χ3v) is 5.28. The Labute approximate surface area is 142 Å². The summed E-state index contributed by atoms with van der Waals surface area (Å²) in [6.45, 7) is 1.97. The van der Waals surface area contributed by atoms with Crippen LogP contribution in [0.5, 0.6) is 0 Å². The molecule has 1 saturated heterocycles. The molecule has 1 amide bonds. The summed E-state index contributed by atoms with van der Waals surface area (Å²) in [6.07, 6.45) is 7.16. The molecule has 2 aliphatic rings. The summed E-state index contributed by atoms with van der Waals surface area (Å²) >= 11 is 0. The zero-order chi connectivity index (χ0) is 16.5. The van der Waals surface area contributed by atoms with E-state index in [0.717, 1.165) is 38.2 Å². The van der Waals surface area contributed by atoms with Crippen LogP contribution < -0.4 is 5.73 Å². The maximum absolute atomic E-state index is 11.2. The Hall–Kier alpha value is -2.14. The normalized spacial score (nSPS) is 20.9. The van der Waals surface area contributed by atoms with Gasteiger partial charge in [0.15, 0.2) is 0 Å². The zero-order valence-electron chi connectivity index (χ0n) is 13.9. The third-order valence-electron chi connectivity index (χ3n) is 5.28. The van der Waals surface area contributed by atoms with Gasteiger partial charge in [-0.25, -0.2) is 4.98 Å². The Balaban J connectivity index is 1.50. The molecule has 0 spiro atoms. The average molecular weight is 324 g/mol. The van der Waals surface area contributed by atoms with Gasteiger partial charge in [0.1, 0.15) is 5.82 Å². The molecule has 1 atom stereocenters. The summed E-state index contributed by atoms with van der Waals surface area (Å²) in [5, 5.41) is 0. The summed E-state index contributed by atoms with van der Waals surface area (Å²) in [5.41, 5.74) is 9.73. The molecule has 0 bridgehead atoms. The topological polar surface area (TPSA) is 75.0 Å². The summed E-state index contributed by atoms with van der Waals surface area (Å²) in [6, 6.07) is 8.01. The van der Waals surface area contributed by atoms with Crippen LogP contribution in [0.3, 0.4) is 0 Å². The van der Waals surface area contributed by atoms with Crippen molar-refractivity contribution in [3.05, 3.63) is 52.6 Å². The first-order chi connectivity index (χ1) is 11.7. The number of aryl methyl sites for hydroxylation is 2. The summed E-state index contributed by atoms with van der Waals surface area (Å²) in [5.74, 6) is 0.773. The molecule has 5 heteroatoms. The lowest BCUT2D eigenvalue weighted by Gasteiger charge is -2.23. The van der Waals surface area contributed by atoms with Crippen molar-refractivity contribution in [2.24, 2.45) is 5.73 Å². The number of carbonyl (C=O) groups is 1. The Morgan fingerprint density at radius 1 is 1.21 bits per heavy atom. The van der Waals surface area contributed by atoms with Crippen molar-refractivity contribution in [3.63, 3.8) is 0 Å². The van der Waals surface area contributed by atoms with Crippen LogP contribution >= 0.6 is 0 Å². The van der Waals surface area contributed by atoms with Crippen LogP contribution in [-0.4, -0.2) is 27.3 Å². The van der Waals surface area contributed by atoms with Gasteiger partial charge in [-0.3, -0.25) is 9.69 Å². The van der Waals surface area contributed by atoms with E-state index in [0.29, 0.717) is 11.6 Å². The second-order valence-electron chi connectivity index (χ2n) is 6.94. The fourth-order valence-electron chi connectivity index (χ4n) is 3.97. The number of amides is 1. The van der Waals surface area contributed by atoms with Crippen LogP contribution in [0.15, 0.2) is 24.3 Å². The highest BCUT2D eigenvalue weighted by atomic mass is 16.1. The number of rotatable bonds is 4. The molecule has 2 heterocycles. The number of nitrogens with one attached hydrogen (secondary N) is 1. The van der Waals surface area contributed by atoms with Crippen molar-refractivity contribution < 1.29 is 4.79 Å². The Morgan fingerprint density at radius 3 is 2.75 bits per heavy atom. The molecule has 1 fully saturated rings. The van der Waals surface area contributed by atoms with Crippen molar-refractivity contribution in [3.8, 4) is 0 Å². The first kappa shape index (κ1) is 15.4. The lowest BCUT2D eigenvalue weighted by Crippen LogP contribution is -2.23. The quantitative estimate of drug-likeness (QED) is 0.908. The summed E-state index contributed by atoms with van der Waals surface area (Å²) in [4.78, 5) is 22.2. The third kappa shape index (κ3) is 2.96. The van der Waals surface area contributed by atoms with Gasteiger partial charge in [-0.1, -0.05) is 12.1 Å². The molecule has 1 aromatic carbocycles. The minimum atomic E-state index is -0.373. The van der Waals surface area contributed by atoms with Gasteiger partial charge < -0.3 is 10.7 Å². The minimum absolute atomic E-state index is 0.373. The van der Waals surface area contributed by atoms with E-state index >= 15 is 0 Å². The van der Waals surface area contributed by atoms with Crippen LogP contribution in [0.1, 0.15) is 64.9 Å². The predicted octanol–water partition coefficient (Wildman–Crippen LogP) is 2.72. The number of imidazole rings is 1. The Kier molecular flexibility index (Phi) is 4.10. The molecular formula is C19H24N4O. The van der Waals surface area contributed by atoms with E-state index in [4.69, 9.17) is 10.7 Å². The predicted molar refractivity (Wildman–Crippen MR) is 92.6 cm³/mol. The molecular weight excluding hydrogens is 300 g/mol. The molecule has 5 nitrogen and oxygen atoms in total. The molecule has 2 aromatic rings. The zero-order valence-corrected chi connectivity index (χ0v) is 13.9. The number of aromatic amines is 1. The SMILES string of the molecule is NC(=O)c1ccc(CN2CCC[C@H]2c2nc3c([nH]2)CCCC3)cc1. The fraction of sp³-hybridized carbons (Fsp3) is 0.474. The molecule has 3 N–H and O–H groups in total. The number of nitrogens with two attached hydrogens (primary N) is 1. The molecule has 1 aliphatic heterocycles. The molecule has 126 valence electrons. The number of hydrogen-bond acceptors (Lipinski definition) is 3. The Morgan fingerprint density at radius 2 is 2.00 bits per heavy atom. The minimum Gasteiger partial charge on any atom is -0.366 e. The molecule has 1 aliphatic carbocycles. The number of primary amides is 1. The standard InChI is InChI=1S/C19H24N4O/c20-18(24)14-9-7-13(8-10-14)12-23-11-3-6-17(23)19-21-15-4-1-2-5-16(15)22-19/h7-10,17H,1-6,11-12H2,(H2,20,24)(H,21,22)/t17-/m0/s1. The van der Waals surface area contributed by atoms with E-state index in [2.05, 4.69) is 9.88 Å². The number of hydrogen-bond donors (Lipinski definition) is 2. The largest absolute Gasteiger partial charge is 0.366 e. The van der Waals surface area contributed by atoms with E-state index in [1.165, 1.54) is 36.2 Å².